The Morgan fingerprint density at radius 3 is 2.80 bits per heavy atom. The first kappa shape index (κ1) is 15.5. The molecule has 20 heavy (non-hydrogen) atoms. The molecule has 2 rings (SSSR count). The molecule has 1 aromatic heterocycles. The second-order valence-electron chi connectivity index (χ2n) is 5.83. The van der Waals surface area contributed by atoms with E-state index < -0.39 is 15.4 Å². The van der Waals surface area contributed by atoms with Gasteiger partial charge in [-0.05, 0) is 19.9 Å². The second-order valence-corrected chi connectivity index (χ2v) is 8.06. The zero-order chi connectivity index (χ0) is 15.0. The Hall–Kier alpha value is -0.920. The fourth-order valence-electron chi connectivity index (χ4n) is 3.38. The number of imidazole rings is 1. The number of hydrogen-bond acceptors (Lipinski definition) is 5. The largest absolute Gasteiger partial charge is 0.337 e. The Balaban J connectivity index is 2.28. The van der Waals surface area contributed by atoms with Gasteiger partial charge >= 0.3 is 0 Å². The molecular weight excluding hydrogens is 276 g/mol. The van der Waals surface area contributed by atoms with Gasteiger partial charge in [-0.25, -0.2) is 13.4 Å². The first-order valence-electron chi connectivity index (χ1n) is 6.87. The molecule has 7 heteroatoms. The Kier molecular flexibility index (Phi) is 4.22. The van der Waals surface area contributed by atoms with Gasteiger partial charge in [-0.3, -0.25) is 4.90 Å². The fourth-order valence-corrected chi connectivity index (χ4v) is 5.17. The lowest BCUT2D eigenvalue weighted by molar-refractivity contribution is 0.122. The number of aromatic nitrogens is 2. The molecule has 2 unspecified atom stereocenters. The van der Waals surface area contributed by atoms with E-state index in [4.69, 9.17) is 5.73 Å². The molecule has 0 saturated heterocycles. The van der Waals surface area contributed by atoms with Crippen molar-refractivity contribution in [3.63, 3.8) is 0 Å². The Morgan fingerprint density at radius 2 is 2.30 bits per heavy atom. The topological polar surface area (TPSA) is 81.2 Å². The summed E-state index contributed by atoms with van der Waals surface area (Å²) in [4.78, 5) is 6.39. The van der Waals surface area contributed by atoms with Crippen LogP contribution in [-0.2, 0) is 23.4 Å². The summed E-state index contributed by atoms with van der Waals surface area (Å²) >= 11 is 0. The average Bonchev–Trinajstić information content (AvgIpc) is 2.96. The van der Waals surface area contributed by atoms with Crippen molar-refractivity contribution in [3.8, 4) is 0 Å². The number of nitrogens with zero attached hydrogens (tertiary/aromatic N) is 3. The van der Waals surface area contributed by atoms with Crippen molar-refractivity contribution in [3.05, 3.63) is 18.2 Å². The minimum absolute atomic E-state index is 0.353. The van der Waals surface area contributed by atoms with E-state index in [0.29, 0.717) is 19.5 Å². The van der Waals surface area contributed by atoms with Crippen LogP contribution in [-0.4, -0.2) is 53.5 Å². The van der Waals surface area contributed by atoms with Gasteiger partial charge in [0.05, 0.1) is 17.3 Å². The van der Waals surface area contributed by atoms with E-state index in [0.717, 1.165) is 18.7 Å². The summed E-state index contributed by atoms with van der Waals surface area (Å²) in [6.45, 7) is 0.957. The van der Waals surface area contributed by atoms with E-state index in [-0.39, 0.29) is 5.25 Å². The molecular formula is C13H24N4O2S. The van der Waals surface area contributed by atoms with Crippen molar-refractivity contribution in [2.45, 2.75) is 36.6 Å². The zero-order valence-electron chi connectivity index (χ0n) is 12.4. The lowest BCUT2D eigenvalue weighted by Gasteiger charge is -2.41. The quantitative estimate of drug-likeness (QED) is 0.837. The normalized spacial score (nSPS) is 27.4. The van der Waals surface area contributed by atoms with Crippen LogP contribution in [0.4, 0.5) is 0 Å². The maximum atomic E-state index is 12.1. The minimum atomic E-state index is -3.11. The predicted molar refractivity (Wildman–Crippen MR) is 78.9 cm³/mol. The van der Waals surface area contributed by atoms with Gasteiger partial charge in [0, 0.05) is 32.2 Å². The van der Waals surface area contributed by atoms with E-state index in [1.54, 1.807) is 6.20 Å². The summed E-state index contributed by atoms with van der Waals surface area (Å²) in [5.74, 6) is 0.916. The third kappa shape index (κ3) is 2.62. The van der Waals surface area contributed by atoms with Crippen LogP contribution in [0, 0.1) is 0 Å². The molecule has 1 saturated carbocycles. The summed E-state index contributed by atoms with van der Waals surface area (Å²) in [5.41, 5.74) is 5.52. The minimum Gasteiger partial charge on any atom is -0.337 e. The standard InChI is InChI=1S/C13H24N4O2S/c1-16-8-7-15-12(16)9-17(2)13(10-14)6-4-5-11(13)20(3,18)19/h7-8,11H,4-6,9-10,14H2,1-3H3. The summed E-state index contributed by atoms with van der Waals surface area (Å²) < 4.78 is 26.1. The van der Waals surface area contributed by atoms with Gasteiger partial charge in [0.2, 0.25) is 0 Å². The van der Waals surface area contributed by atoms with E-state index in [2.05, 4.69) is 9.88 Å². The molecule has 1 aliphatic carbocycles. The highest BCUT2D eigenvalue weighted by atomic mass is 32.2. The molecule has 0 spiro atoms. The van der Waals surface area contributed by atoms with E-state index in [9.17, 15) is 8.42 Å². The van der Waals surface area contributed by atoms with Crippen molar-refractivity contribution in [2.24, 2.45) is 12.8 Å². The highest BCUT2D eigenvalue weighted by molar-refractivity contribution is 7.91. The zero-order valence-corrected chi connectivity index (χ0v) is 13.2. The monoisotopic (exact) mass is 300 g/mol. The Bertz CT molecular complexity index is 569. The smallest absolute Gasteiger partial charge is 0.152 e. The number of hydrogen-bond donors (Lipinski definition) is 1. The van der Waals surface area contributed by atoms with Crippen molar-refractivity contribution < 1.29 is 8.42 Å². The average molecular weight is 300 g/mol. The van der Waals surface area contributed by atoms with Crippen LogP contribution in [0.3, 0.4) is 0 Å². The maximum absolute atomic E-state index is 12.1. The molecule has 6 nitrogen and oxygen atoms in total. The highest BCUT2D eigenvalue weighted by Gasteiger charge is 2.49. The number of rotatable bonds is 5. The molecule has 1 aliphatic rings. The van der Waals surface area contributed by atoms with Crippen molar-refractivity contribution >= 4 is 9.84 Å². The molecule has 0 amide bonds. The van der Waals surface area contributed by atoms with Crippen molar-refractivity contribution in [1.82, 2.24) is 14.5 Å². The number of likely N-dealkylation sites (N-methyl/N-ethyl adjacent to an activating group) is 1. The third-order valence-electron chi connectivity index (χ3n) is 4.61. The predicted octanol–water partition coefficient (Wildman–Crippen LogP) is 0.147. The van der Waals surface area contributed by atoms with Gasteiger partial charge in [-0.15, -0.1) is 0 Å². The second kappa shape index (κ2) is 5.46. The Labute approximate surface area is 120 Å². The highest BCUT2D eigenvalue weighted by Crippen LogP contribution is 2.38. The number of aryl methyl sites for hydroxylation is 1. The molecule has 1 heterocycles. The lowest BCUT2D eigenvalue weighted by atomic mass is 9.95. The molecule has 1 fully saturated rings. The summed E-state index contributed by atoms with van der Waals surface area (Å²) in [6, 6.07) is 0. The van der Waals surface area contributed by atoms with Gasteiger partial charge < -0.3 is 10.3 Å². The van der Waals surface area contributed by atoms with E-state index in [1.165, 1.54) is 6.26 Å². The van der Waals surface area contributed by atoms with Crippen LogP contribution in [0.2, 0.25) is 0 Å². The van der Waals surface area contributed by atoms with Gasteiger partial charge in [0.1, 0.15) is 5.82 Å². The Morgan fingerprint density at radius 1 is 1.60 bits per heavy atom. The van der Waals surface area contributed by atoms with Gasteiger partial charge in [-0.2, -0.15) is 0 Å². The van der Waals surface area contributed by atoms with Crippen LogP contribution < -0.4 is 5.73 Å². The summed E-state index contributed by atoms with van der Waals surface area (Å²) in [6.07, 6.45) is 7.38. The molecule has 0 aliphatic heterocycles. The molecule has 2 atom stereocenters. The molecule has 114 valence electrons. The van der Waals surface area contributed by atoms with Crippen LogP contribution in [0.25, 0.3) is 0 Å². The first-order chi connectivity index (χ1) is 9.31. The van der Waals surface area contributed by atoms with Crippen LogP contribution >= 0.6 is 0 Å². The fraction of sp³-hybridized carbons (Fsp3) is 0.769. The first-order valence-corrected chi connectivity index (χ1v) is 8.83. The van der Waals surface area contributed by atoms with Crippen molar-refractivity contribution in [2.75, 3.05) is 19.8 Å². The van der Waals surface area contributed by atoms with Crippen LogP contribution in [0.1, 0.15) is 25.1 Å². The maximum Gasteiger partial charge on any atom is 0.152 e. The van der Waals surface area contributed by atoms with Crippen molar-refractivity contribution in [1.29, 1.82) is 0 Å². The SMILES string of the molecule is CN(Cc1nccn1C)C1(CN)CCCC1S(C)(=O)=O. The van der Waals surface area contributed by atoms with Crippen LogP contribution in [0.15, 0.2) is 12.4 Å². The number of sulfone groups is 1. The molecule has 0 bridgehead atoms. The molecule has 2 N–H and O–H groups in total. The van der Waals surface area contributed by atoms with Crippen LogP contribution in [0.5, 0.6) is 0 Å². The van der Waals surface area contributed by atoms with Gasteiger partial charge in [0.15, 0.2) is 9.84 Å². The van der Waals surface area contributed by atoms with Gasteiger partial charge in [0.25, 0.3) is 0 Å². The summed E-state index contributed by atoms with van der Waals surface area (Å²) in [5, 5.41) is -0.384. The lowest BCUT2D eigenvalue weighted by Crippen LogP contribution is -2.58. The van der Waals surface area contributed by atoms with E-state index in [1.807, 2.05) is 24.9 Å². The molecule has 0 aromatic carbocycles. The third-order valence-corrected chi connectivity index (χ3v) is 6.31. The molecule has 0 radical (unpaired) electrons. The van der Waals surface area contributed by atoms with Gasteiger partial charge in [-0.1, -0.05) is 6.42 Å². The molecule has 1 aromatic rings. The summed E-state index contributed by atoms with van der Waals surface area (Å²) in [7, 11) is 0.783. The van der Waals surface area contributed by atoms with E-state index >= 15 is 0 Å². The number of nitrogens with two attached hydrogens (primary N) is 1.